The second-order valence-electron chi connectivity index (χ2n) is 4.57. The zero-order chi connectivity index (χ0) is 13.5. The highest BCUT2D eigenvalue weighted by Crippen LogP contribution is 2.30. The molecule has 102 valence electrons. The Morgan fingerprint density at radius 1 is 1.56 bits per heavy atom. The Hall–Kier alpha value is -0.110. The van der Waals surface area contributed by atoms with Crippen molar-refractivity contribution in [2.75, 3.05) is 13.1 Å². The van der Waals surface area contributed by atoms with E-state index >= 15 is 0 Å². The summed E-state index contributed by atoms with van der Waals surface area (Å²) in [5, 5.41) is 4.13. The molecule has 1 aliphatic rings. The molecule has 0 radical (unpaired) electrons. The molecule has 1 fully saturated rings. The third kappa shape index (κ3) is 2.45. The number of hydrogen-bond donors (Lipinski definition) is 0. The van der Waals surface area contributed by atoms with Crippen LogP contribution >= 0.6 is 27.5 Å². The summed E-state index contributed by atoms with van der Waals surface area (Å²) >= 11 is 9.48. The van der Waals surface area contributed by atoms with Crippen LogP contribution in [0.5, 0.6) is 0 Å². The Morgan fingerprint density at radius 2 is 2.22 bits per heavy atom. The van der Waals surface area contributed by atoms with Crippen LogP contribution in [0.3, 0.4) is 0 Å². The average molecular weight is 357 g/mol. The monoisotopic (exact) mass is 355 g/mol. The summed E-state index contributed by atoms with van der Waals surface area (Å²) in [5.74, 6) is 0.278. The van der Waals surface area contributed by atoms with Crippen LogP contribution in [0.2, 0.25) is 5.02 Å². The van der Waals surface area contributed by atoms with E-state index in [0.717, 1.165) is 6.42 Å². The molecule has 0 spiro atoms. The number of rotatable bonds is 2. The van der Waals surface area contributed by atoms with Crippen LogP contribution < -0.4 is 0 Å². The van der Waals surface area contributed by atoms with Crippen molar-refractivity contribution >= 4 is 37.6 Å². The topological polar surface area (TPSA) is 55.2 Å². The van der Waals surface area contributed by atoms with E-state index in [1.807, 2.05) is 6.92 Å². The summed E-state index contributed by atoms with van der Waals surface area (Å²) < 4.78 is 27.8. The standard InChI is InChI=1S/C10H15BrClN3O2S/c1-7-6-15(4-3-8(7)11)18(16,17)10-9(12)5-13-14(10)2/h5,7-8H,3-4,6H2,1-2H3. The third-order valence-corrected chi connectivity index (χ3v) is 6.92. The molecule has 2 heterocycles. The highest BCUT2D eigenvalue weighted by atomic mass is 79.9. The molecular weight excluding hydrogens is 342 g/mol. The van der Waals surface area contributed by atoms with Gasteiger partial charge >= 0.3 is 0 Å². The lowest BCUT2D eigenvalue weighted by atomic mass is 10.0. The van der Waals surface area contributed by atoms with Gasteiger partial charge in [-0.1, -0.05) is 34.5 Å². The number of hydrogen-bond acceptors (Lipinski definition) is 3. The van der Waals surface area contributed by atoms with Crippen LogP contribution in [0.1, 0.15) is 13.3 Å². The summed E-state index contributed by atoms with van der Waals surface area (Å²) in [6, 6.07) is 0. The Labute approximate surface area is 120 Å². The Morgan fingerprint density at radius 3 is 2.72 bits per heavy atom. The number of piperidine rings is 1. The van der Waals surface area contributed by atoms with Crippen LogP contribution in [0.25, 0.3) is 0 Å². The van der Waals surface area contributed by atoms with Gasteiger partial charge in [0.15, 0.2) is 5.03 Å². The van der Waals surface area contributed by atoms with E-state index in [-0.39, 0.29) is 16.0 Å². The fraction of sp³-hybridized carbons (Fsp3) is 0.700. The van der Waals surface area contributed by atoms with Crippen molar-refractivity contribution in [3.8, 4) is 0 Å². The van der Waals surface area contributed by atoms with Gasteiger partial charge in [-0.2, -0.15) is 9.40 Å². The minimum Gasteiger partial charge on any atom is -0.255 e. The van der Waals surface area contributed by atoms with Gasteiger partial charge in [0.25, 0.3) is 10.0 Å². The fourth-order valence-electron chi connectivity index (χ4n) is 2.11. The van der Waals surface area contributed by atoms with Gasteiger partial charge in [0, 0.05) is 25.0 Å². The first-order chi connectivity index (χ1) is 8.34. The van der Waals surface area contributed by atoms with Crippen molar-refractivity contribution in [1.82, 2.24) is 14.1 Å². The number of halogens is 2. The van der Waals surface area contributed by atoms with E-state index < -0.39 is 10.0 Å². The molecule has 5 nitrogen and oxygen atoms in total. The molecule has 1 aromatic rings. The summed E-state index contributed by atoms with van der Waals surface area (Å²) in [6.45, 7) is 3.04. The molecule has 18 heavy (non-hydrogen) atoms. The molecule has 1 aromatic heterocycles. The van der Waals surface area contributed by atoms with Crippen molar-refractivity contribution in [1.29, 1.82) is 0 Å². The van der Waals surface area contributed by atoms with Crippen molar-refractivity contribution in [2.24, 2.45) is 13.0 Å². The molecule has 0 saturated carbocycles. The number of nitrogens with zero attached hydrogens (tertiary/aromatic N) is 3. The van der Waals surface area contributed by atoms with Gasteiger partial charge in [0.05, 0.1) is 11.2 Å². The molecule has 2 atom stereocenters. The summed E-state index contributed by atoms with van der Waals surface area (Å²) in [4.78, 5) is 0.367. The maximum Gasteiger partial charge on any atom is 0.261 e. The molecule has 2 unspecified atom stereocenters. The number of aryl methyl sites for hydroxylation is 1. The Balaban J connectivity index is 2.33. The van der Waals surface area contributed by atoms with Crippen molar-refractivity contribution < 1.29 is 8.42 Å². The molecule has 0 aromatic carbocycles. The fourth-order valence-corrected chi connectivity index (χ4v) is 4.64. The molecular formula is C10H15BrClN3O2S. The third-order valence-electron chi connectivity index (χ3n) is 3.19. The lowest BCUT2D eigenvalue weighted by Crippen LogP contribution is -2.43. The van der Waals surface area contributed by atoms with Gasteiger partial charge in [-0.25, -0.2) is 8.42 Å². The quantitative estimate of drug-likeness (QED) is 0.760. The number of sulfonamides is 1. The minimum absolute atomic E-state index is 0.0735. The average Bonchev–Trinajstić information content (AvgIpc) is 2.62. The zero-order valence-electron chi connectivity index (χ0n) is 10.2. The van der Waals surface area contributed by atoms with E-state index in [9.17, 15) is 8.42 Å². The molecule has 0 N–H and O–H groups in total. The summed E-state index contributed by atoms with van der Waals surface area (Å²) in [7, 11) is -1.97. The molecule has 1 aliphatic heterocycles. The predicted molar refractivity (Wildman–Crippen MR) is 73.5 cm³/mol. The van der Waals surface area contributed by atoms with Gasteiger partial charge in [-0.05, 0) is 12.3 Å². The number of aromatic nitrogens is 2. The van der Waals surface area contributed by atoms with E-state index in [4.69, 9.17) is 11.6 Å². The van der Waals surface area contributed by atoms with Crippen LogP contribution in [-0.4, -0.2) is 40.4 Å². The van der Waals surface area contributed by atoms with Crippen molar-refractivity contribution in [3.63, 3.8) is 0 Å². The van der Waals surface area contributed by atoms with Gasteiger partial charge in [-0.3, -0.25) is 4.68 Å². The first-order valence-corrected chi connectivity index (χ1v) is 8.39. The highest BCUT2D eigenvalue weighted by Gasteiger charge is 2.35. The predicted octanol–water partition coefficient (Wildman–Crippen LogP) is 1.87. The molecule has 0 bridgehead atoms. The smallest absolute Gasteiger partial charge is 0.255 e. The van der Waals surface area contributed by atoms with E-state index in [0.29, 0.717) is 17.9 Å². The van der Waals surface area contributed by atoms with Gasteiger partial charge < -0.3 is 0 Å². The summed E-state index contributed by atoms with van der Waals surface area (Å²) in [6.07, 6.45) is 2.16. The Bertz CT molecular complexity index is 526. The second kappa shape index (κ2) is 5.11. The van der Waals surface area contributed by atoms with Gasteiger partial charge in [-0.15, -0.1) is 0 Å². The highest BCUT2D eigenvalue weighted by molar-refractivity contribution is 9.09. The molecule has 1 saturated heterocycles. The van der Waals surface area contributed by atoms with E-state index in [2.05, 4.69) is 21.0 Å². The largest absolute Gasteiger partial charge is 0.261 e. The van der Waals surface area contributed by atoms with Gasteiger partial charge in [0.1, 0.15) is 0 Å². The minimum atomic E-state index is -3.56. The SMILES string of the molecule is CC1CN(S(=O)(=O)c2c(Cl)cnn2C)CCC1Br. The molecule has 8 heteroatoms. The first-order valence-electron chi connectivity index (χ1n) is 5.65. The molecule has 0 amide bonds. The number of alkyl halides is 1. The first kappa shape index (κ1) is 14.3. The van der Waals surface area contributed by atoms with Crippen LogP contribution in [0.4, 0.5) is 0 Å². The lowest BCUT2D eigenvalue weighted by molar-refractivity contribution is 0.290. The maximum absolute atomic E-state index is 12.5. The lowest BCUT2D eigenvalue weighted by Gasteiger charge is -2.33. The van der Waals surface area contributed by atoms with E-state index in [1.165, 1.54) is 15.2 Å². The van der Waals surface area contributed by atoms with Crippen molar-refractivity contribution in [2.45, 2.75) is 23.2 Å². The van der Waals surface area contributed by atoms with Crippen LogP contribution in [0.15, 0.2) is 11.2 Å². The molecule has 0 aliphatic carbocycles. The maximum atomic E-state index is 12.5. The second-order valence-corrected chi connectivity index (χ2v) is 8.00. The zero-order valence-corrected chi connectivity index (χ0v) is 13.3. The van der Waals surface area contributed by atoms with Crippen LogP contribution in [0, 0.1) is 5.92 Å². The summed E-state index contributed by atoms with van der Waals surface area (Å²) in [5.41, 5.74) is 0. The van der Waals surface area contributed by atoms with E-state index in [1.54, 1.807) is 7.05 Å². The molecule has 2 rings (SSSR count). The van der Waals surface area contributed by atoms with Gasteiger partial charge in [0.2, 0.25) is 0 Å². The van der Waals surface area contributed by atoms with Crippen molar-refractivity contribution in [3.05, 3.63) is 11.2 Å². The normalized spacial score (nSPS) is 26.4. The Kier molecular flexibility index (Phi) is 4.06. The van der Waals surface area contributed by atoms with Crippen LogP contribution in [-0.2, 0) is 17.1 Å².